The Morgan fingerprint density at radius 2 is 2.12 bits per heavy atom. The van der Waals surface area contributed by atoms with Crippen LogP contribution in [0.3, 0.4) is 0 Å². The van der Waals surface area contributed by atoms with E-state index in [1.807, 2.05) is 19.9 Å². The normalized spacial score (nSPS) is 10.7. The standard InChI is InChI=1S/C13H16O3/c1-4-16-13(15)6-5-11-7-9(2)10(3)12(14)8-11/h5-8,14H,4H2,1-3H3/b6-5+. The number of carbonyl (C=O) groups is 1. The van der Waals surface area contributed by atoms with E-state index >= 15 is 0 Å². The summed E-state index contributed by atoms with van der Waals surface area (Å²) in [5.74, 6) is -0.135. The van der Waals surface area contributed by atoms with Crippen LogP contribution in [0.4, 0.5) is 0 Å². The SMILES string of the molecule is CCOC(=O)/C=C/c1cc(C)c(C)c(O)c1. The van der Waals surface area contributed by atoms with Gasteiger partial charge in [-0.15, -0.1) is 0 Å². The van der Waals surface area contributed by atoms with Crippen LogP contribution in [-0.4, -0.2) is 17.7 Å². The Balaban J connectivity index is 2.86. The minimum atomic E-state index is -0.375. The maximum Gasteiger partial charge on any atom is 0.330 e. The number of hydrogen-bond donors (Lipinski definition) is 1. The zero-order chi connectivity index (χ0) is 12.1. The first-order chi connectivity index (χ1) is 7.54. The third-order valence-electron chi connectivity index (χ3n) is 2.36. The van der Waals surface area contributed by atoms with Gasteiger partial charge in [-0.05, 0) is 49.6 Å². The van der Waals surface area contributed by atoms with E-state index < -0.39 is 0 Å². The van der Waals surface area contributed by atoms with E-state index in [0.29, 0.717) is 6.61 Å². The van der Waals surface area contributed by atoms with Crippen LogP contribution in [0.1, 0.15) is 23.6 Å². The van der Waals surface area contributed by atoms with E-state index in [1.165, 1.54) is 6.08 Å². The fraction of sp³-hybridized carbons (Fsp3) is 0.308. The van der Waals surface area contributed by atoms with Gasteiger partial charge in [0.25, 0.3) is 0 Å². The second-order valence-corrected chi connectivity index (χ2v) is 3.57. The average Bonchev–Trinajstić information content (AvgIpc) is 2.23. The molecule has 0 bridgehead atoms. The quantitative estimate of drug-likeness (QED) is 0.629. The maximum absolute atomic E-state index is 11.1. The van der Waals surface area contributed by atoms with Crippen LogP contribution in [0.25, 0.3) is 6.08 Å². The molecule has 0 saturated heterocycles. The van der Waals surface area contributed by atoms with Crippen LogP contribution >= 0.6 is 0 Å². The Morgan fingerprint density at radius 3 is 2.69 bits per heavy atom. The van der Waals surface area contributed by atoms with Crippen LogP contribution in [-0.2, 0) is 9.53 Å². The van der Waals surface area contributed by atoms with Gasteiger partial charge in [0, 0.05) is 6.08 Å². The van der Waals surface area contributed by atoms with E-state index in [2.05, 4.69) is 0 Å². The molecule has 86 valence electrons. The number of aryl methyl sites for hydroxylation is 1. The molecule has 1 N–H and O–H groups in total. The first-order valence-corrected chi connectivity index (χ1v) is 5.19. The highest BCUT2D eigenvalue weighted by Gasteiger charge is 2.01. The van der Waals surface area contributed by atoms with E-state index in [9.17, 15) is 9.90 Å². The predicted molar refractivity (Wildman–Crippen MR) is 63.2 cm³/mol. The molecule has 0 amide bonds. The molecule has 0 fully saturated rings. The topological polar surface area (TPSA) is 46.5 Å². The summed E-state index contributed by atoms with van der Waals surface area (Å²) in [7, 11) is 0. The van der Waals surface area contributed by atoms with Gasteiger partial charge in [0.05, 0.1) is 6.61 Å². The van der Waals surface area contributed by atoms with Gasteiger partial charge >= 0.3 is 5.97 Å². The molecule has 1 aromatic rings. The van der Waals surface area contributed by atoms with Crippen molar-refractivity contribution in [1.29, 1.82) is 0 Å². The van der Waals surface area contributed by atoms with Crippen molar-refractivity contribution in [2.75, 3.05) is 6.61 Å². The summed E-state index contributed by atoms with van der Waals surface area (Å²) in [5, 5.41) is 9.60. The van der Waals surface area contributed by atoms with E-state index in [1.54, 1.807) is 19.1 Å². The zero-order valence-corrected chi connectivity index (χ0v) is 9.78. The van der Waals surface area contributed by atoms with Crippen molar-refractivity contribution >= 4 is 12.0 Å². The number of ether oxygens (including phenoxy) is 1. The third kappa shape index (κ3) is 3.12. The first-order valence-electron chi connectivity index (χ1n) is 5.19. The Bertz CT molecular complexity index is 396. The number of phenolic OH excluding ortho intramolecular Hbond substituents is 1. The van der Waals surface area contributed by atoms with Crippen LogP contribution < -0.4 is 0 Å². The van der Waals surface area contributed by atoms with Crippen molar-refractivity contribution < 1.29 is 14.6 Å². The minimum absolute atomic E-state index is 0.239. The highest BCUT2D eigenvalue weighted by atomic mass is 16.5. The molecule has 0 heterocycles. The van der Waals surface area contributed by atoms with Crippen molar-refractivity contribution in [1.82, 2.24) is 0 Å². The molecule has 0 saturated carbocycles. The lowest BCUT2D eigenvalue weighted by molar-refractivity contribution is -0.137. The summed E-state index contributed by atoms with van der Waals surface area (Å²) in [6.07, 6.45) is 2.98. The first kappa shape index (κ1) is 12.3. The number of rotatable bonds is 3. The molecule has 16 heavy (non-hydrogen) atoms. The number of aromatic hydroxyl groups is 1. The van der Waals surface area contributed by atoms with Crippen LogP contribution in [0.2, 0.25) is 0 Å². The summed E-state index contributed by atoms with van der Waals surface area (Å²) in [6.45, 7) is 5.88. The van der Waals surface area contributed by atoms with Crippen LogP contribution in [0.15, 0.2) is 18.2 Å². The Labute approximate surface area is 95.4 Å². The van der Waals surface area contributed by atoms with E-state index in [-0.39, 0.29) is 11.7 Å². The number of esters is 1. The molecule has 0 aliphatic heterocycles. The smallest absolute Gasteiger partial charge is 0.330 e. The van der Waals surface area contributed by atoms with Crippen molar-refractivity contribution in [3.63, 3.8) is 0 Å². The molecular weight excluding hydrogens is 204 g/mol. The molecule has 3 heteroatoms. The summed E-state index contributed by atoms with van der Waals surface area (Å²) >= 11 is 0. The van der Waals surface area contributed by atoms with E-state index in [4.69, 9.17) is 4.74 Å². The Kier molecular flexibility index (Phi) is 4.11. The zero-order valence-electron chi connectivity index (χ0n) is 9.78. The number of hydrogen-bond acceptors (Lipinski definition) is 3. The largest absolute Gasteiger partial charge is 0.508 e. The Morgan fingerprint density at radius 1 is 1.44 bits per heavy atom. The van der Waals surface area contributed by atoms with Crippen molar-refractivity contribution in [3.05, 3.63) is 34.9 Å². The van der Waals surface area contributed by atoms with E-state index in [0.717, 1.165) is 16.7 Å². The molecule has 0 spiro atoms. The highest BCUT2D eigenvalue weighted by Crippen LogP contribution is 2.22. The van der Waals surface area contributed by atoms with Gasteiger partial charge < -0.3 is 9.84 Å². The second-order valence-electron chi connectivity index (χ2n) is 3.57. The van der Waals surface area contributed by atoms with Crippen molar-refractivity contribution in [2.45, 2.75) is 20.8 Å². The average molecular weight is 220 g/mol. The predicted octanol–water partition coefficient (Wildman–Crippen LogP) is 2.59. The molecular formula is C13H16O3. The molecule has 3 nitrogen and oxygen atoms in total. The molecule has 1 aromatic carbocycles. The molecule has 1 rings (SSSR count). The van der Waals surface area contributed by atoms with Gasteiger partial charge in [0.15, 0.2) is 0 Å². The molecule has 0 aliphatic carbocycles. The molecule has 0 radical (unpaired) electrons. The minimum Gasteiger partial charge on any atom is -0.508 e. The van der Waals surface area contributed by atoms with Gasteiger partial charge in [-0.2, -0.15) is 0 Å². The fourth-order valence-electron chi connectivity index (χ4n) is 1.32. The highest BCUT2D eigenvalue weighted by molar-refractivity contribution is 5.87. The van der Waals surface area contributed by atoms with Gasteiger partial charge in [-0.1, -0.05) is 6.07 Å². The maximum atomic E-state index is 11.1. The summed E-state index contributed by atoms with van der Waals surface area (Å²) < 4.78 is 4.76. The lowest BCUT2D eigenvalue weighted by Gasteiger charge is -2.04. The number of phenols is 1. The lowest BCUT2D eigenvalue weighted by atomic mass is 10.0. The molecule has 0 aliphatic rings. The summed E-state index contributed by atoms with van der Waals surface area (Å²) in [4.78, 5) is 11.1. The lowest BCUT2D eigenvalue weighted by Crippen LogP contribution is -1.98. The number of benzene rings is 1. The second kappa shape index (κ2) is 5.35. The van der Waals surface area contributed by atoms with Crippen LogP contribution in [0.5, 0.6) is 5.75 Å². The fourth-order valence-corrected chi connectivity index (χ4v) is 1.32. The van der Waals surface area contributed by atoms with Gasteiger partial charge in [0.2, 0.25) is 0 Å². The molecule has 0 atom stereocenters. The Hall–Kier alpha value is -1.77. The van der Waals surface area contributed by atoms with Gasteiger partial charge in [-0.3, -0.25) is 0 Å². The monoisotopic (exact) mass is 220 g/mol. The summed E-state index contributed by atoms with van der Waals surface area (Å²) in [5.41, 5.74) is 2.63. The number of carbonyl (C=O) groups excluding carboxylic acids is 1. The van der Waals surface area contributed by atoms with Crippen LogP contribution in [0, 0.1) is 13.8 Å². The summed E-state index contributed by atoms with van der Waals surface area (Å²) in [6, 6.07) is 3.53. The van der Waals surface area contributed by atoms with Gasteiger partial charge in [0.1, 0.15) is 5.75 Å². The third-order valence-corrected chi connectivity index (χ3v) is 2.36. The van der Waals surface area contributed by atoms with Crippen molar-refractivity contribution in [3.8, 4) is 5.75 Å². The molecule has 0 aromatic heterocycles. The van der Waals surface area contributed by atoms with Gasteiger partial charge in [-0.25, -0.2) is 4.79 Å². The molecule has 0 unspecified atom stereocenters. The van der Waals surface area contributed by atoms with Crippen molar-refractivity contribution in [2.24, 2.45) is 0 Å².